The minimum Gasteiger partial charge on any atom is -0.0622 e. The molecule has 1 aromatic carbocycles. The van der Waals surface area contributed by atoms with Crippen LogP contribution in [0.1, 0.15) is 18.9 Å². The summed E-state index contributed by atoms with van der Waals surface area (Å²) in [6.45, 7) is 2.09. The summed E-state index contributed by atoms with van der Waals surface area (Å²) in [4.78, 5) is 0. The summed E-state index contributed by atoms with van der Waals surface area (Å²) >= 11 is 0. The second-order valence-corrected chi connectivity index (χ2v) is 3.07. The third-order valence-electron chi connectivity index (χ3n) is 2.09. The number of hydrogen-bond donors (Lipinski definition) is 0. The lowest BCUT2D eigenvalue weighted by Crippen LogP contribution is -1.78. The summed E-state index contributed by atoms with van der Waals surface area (Å²) in [6, 6.07) is 10.5. The minimum absolute atomic E-state index is 0.968. The highest BCUT2D eigenvalue weighted by Gasteiger charge is 2.04. The lowest BCUT2D eigenvalue weighted by molar-refractivity contribution is 1.36. The summed E-state index contributed by atoms with van der Waals surface area (Å²) in [5.74, 6) is 0. The highest BCUT2D eigenvalue weighted by Crippen LogP contribution is 2.25. The van der Waals surface area contributed by atoms with E-state index in [4.69, 9.17) is 0 Å². The maximum atomic E-state index is 3.29. The Hall–Kier alpha value is -1.30. The van der Waals surface area contributed by atoms with Crippen LogP contribution in [0.25, 0.3) is 5.57 Å². The first kappa shape index (κ1) is 7.35. The summed E-state index contributed by atoms with van der Waals surface area (Å²) in [5.41, 5.74) is 3.96. The quantitative estimate of drug-likeness (QED) is 0.584. The second kappa shape index (κ2) is 2.98. The molecule has 2 rings (SSSR count). The largest absolute Gasteiger partial charge is 0.0622 e. The van der Waals surface area contributed by atoms with Crippen LogP contribution < -0.4 is 0 Å². The third kappa shape index (κ3) is 1.33. The van der Waals surface area contributed by atoms with Crippen molar-refractivity contribution in [1.29, 1.82) is 0 Å². The molecule has 0 saturated heterocycles. The van der Waals surface area contributed by atoms with E-state index in [1.165, 1.54) is 16.7 Å². The molecule has 1 aliphatic rings. The second-order valence-electron chi connectivity index (χ2n) is 3.07. The Kier molecular flexibility index (Phi) is 1.83. The van der Waals surface area contributed by atoms with E-state index >= 15 is 0 Å². The molecule has 0 nitrogen and oxygen atoms in total. The summed E-state index contributed by atoms with van der Waals surface area (Å²) < 4.78 is 0. The molecule has 1 radical (unpaired) electrons. The van der Waals surface area contributed by atoms with Crippen molar-refractivity contribution in [3.8, 4) is 0 Å². The van der Waals surface area contributed by atoms with Gasteiger partial charge in [-0.3, -0.25) is 0 Å². The molecule has 0 unspecified atom stereocenters. The molecule has 0 saturated carbocycles. The van der Waals surface area contributed by atoms with Gasteiger partial charge < -0.3 is 0 Å². The first-order chi connectivity index (χ1) is 5.86. The Morgan fingerprint density at radius 1 is 1.17 bits per heavy atom. The molecular formula is C12H11. The van der Waals surface area contributed by atoms with Crippen LogP contribution in [0.5, 0.6) is 0 Å². The van der Waals surface area contributed by atoms with Crippen LogP contribution in [-0.4, -0.2) is 0 Å². The summed E-state index contributed by atoms with van der Waals surface area (Å²) in [5, 5.41) is 0. The number of hydrogen-bond acceptors (Lipinski definition) is 0. The first-order valence-corrected chi connectivity index (χ1v) is 4.20. The van der Waals surface area contributed by atoms with Crippen LogP contribution >= 0.6 is 0 Å². The van der Waals surface area contributed by atoms with Crippen LogP contribution in [0, 0.1) is 6.08 Å². The van der Waals surface area contributed by atoms with Gasteiger partial charge in [0.25, 0.3) is 0 Å². The number of rotatable bonds is 1. The van der Waals surface area contributed by atoms with Crippen LogP contribution in [-0.2, 0) is 0 Å². The van der Waals surface area contributed by atoms with Gasteiger partial charge in [0.15, 0.2) is 0 Å². The SMILES string of the molecule is CC1=[C]CC(c2ccccc2)=C1. The van der Waals surface area contributed by atoms with Gasteiger partial charge in [0, 0.05) is 0 Å². The maximum absolute atomic E-state index is 3.29. The fraction of sp³-hybridized carbons (Fsp3) is 0.167. The van der Waals surface area contributed by atoms with Gasteiger partial charge in [0.05, 0.1) is 0 Å². The van der Waals surface area contributed by atoms with Gasteiger partial charge in [0.1, 0.15) is 0 Å². The van der Waals surface area contributed by atoms with Gasteiger partial charge >= 0.3 is 0 Å². The molecule has 0 heteroatoms. The van der Waals surface area contributed by atoms with E-state index in [9.17, 15) is 0 Å². The third-order valence-corrected chi connectivity index (χ3v) is 2.09. The van der Waals surface area contributed by atoms with E-state index in [1.54, 1.807) is 0 Å². The Morgan fingerprint density at radius 2 is 1.92 bits per heavy atom. The molecule has 0 atom stereocenters. The van der Waals surface area contributed by atoms with E-state index in [-0.39, 0.29) is 0 Å². The molecular weight excluding hydrogens is 144 g/mol. The maximum Gasteiger partial charge on any atom is -0.00142 e. The smallest absolute Gasteiger partial charge is 0.00142 e. The first-order valence-electron chi connectivity index (χ1n) is 4.20. The number of allylic oxidation sites excluding steroid dienone is 4. The summed E-state index contributed by atoms with van der Waals surface area (Å²) in [7, 11) is 0. The molecule has 0 aliphatic heterocycles. The Morgan fingerprint density at radius 3 is 2.50 bits per heavy atom. The van der Waals surface area contributed by atoms with Gasteiger partial charge in [-0.15, -0.1) is 0 Å². The molecule has 0 bridgehead atoms. The zero-order valence-electron chi connectivity index (χ0n) is 7.17. The zero-order valence-corrected chi connectivity index (χ0v) is 7.17. The van der Waals surface area contributed by atoms with Crippen molar-refractivity contribution in [3.05, 3.63) is 53.6 Å². The van der Waals surface area contributed by atoms with E-state index in [0.29, 0.717) is 0 Å². The molecule has 0 spiro atoms. The molecule has 1 aromatic rings. The van der Waals surface area contributed by atoms with E-state index < -0.39 is 0 Å². The predicted octanol–water partition coefficient (Wildman–Crippen LogP) is 3.22. The van der Waals surface area contributed by atoms with Crippen molar-refractivity contribution in [3.63, 3.8) is 0 Å². The minimum atomic E-state index is 0.968. The van der Waals surface area contributed by atoms with Crippen LogP contribution in [0.15, 0.2) is 42.0 Å². The fourth-order valence-electron chi connectivity index (χ4n) is 1.44. The fourth-order valence-corrected chi connectivity index (χ4v) is 1.44. The average molecular weight is 155 g/mol. The lowest BCUT2D eigenvalue weighted by atomic mass is 10.1. The molecule has 0 fully saturated rings. The molecule has 0 aromatic heterocycles. The van der Waals surface area contributed by atoms with Gasteiger partial charge in [-0.1, -0.05) is 36.4 Å². The summed E-state index contributed by atoms with van der Waals surface area (Å²) in [6.07, 6.45) is 6.46. The van der Waals surface area contributed by atoms with Gasteiger partial charge in [-0.05, 0) is 36.1 Å². The average Bonchev–Trinajstić information content (AvgIpc) is 2.54. The van der Waals surface area contributed by atoms with Crippen molar-refractivity contribution in [2.24, 2.45) is 0 Å². The van der Waals surface area contributed by atoms with E-state index in [2.05, 4.69) is 43.3 Å². The van der Waals surface area contributed by atoms with E-state index in [0.717, 1.165) is 6.42 Å². The molecule has 0 amide bonds. The molecule has 0 N–H and O–H groups in total. The zero-order chi connectivity index (χ0) is 8.39. The predicted molar refractivity (Wildman–Crippen MR) is 51.5 cm³/mol. The standard InChI is InChI=1S/C12H11/c1-10-7-8-12(9-10)11-5-3-2-4-6-11/h2-6,9H,8H2,1H3. The highest BCUT2D eigenvalue weighted by atomic mass is 14.1. The van der Waals surface area contributed by atoms with Crippen molar-refractivity contribution in [2.75, 3.05) is 0 Å². The van der Waals surface area contributed by atoms with Crippen LogP contribution in [0.2, 0.25) is 0 Å². The lowest BCUT2D eigenvalue weighted by Gasteiger charge is -1.99. The van der Waals surface area contributed by atoms with Crippen molar-refractivity contribution < 1.29 is 0 Å². The number of benzene rings is 1. The molecule has 1 aliphatic carbocycles. The van der Waals surface area contributed by atoms with Crippen molar-refractivity contribution in [2.45, 2.75) is 13.3 Å². The topological polar surface area (TPSA) is 0 Å². The van der Waals surface area contributed by atoms with Gasteiger partial charge in [0.2, 0.25) is 0 Å². The van der Waals surface area contributed by atoms with Gasteiger partial charge in [-0.2, -0.15) is 0 Å². The van der Waals surface area contributed by atoms with Crippen LogP contribution in [0.3, 0.4) is 0 Å². The Balaban J connectivity index is 2.30. The van der Waals surface area contributed by atoms with Crippen molar-refractivity contribution >= 4 is 5.57 Å². The Bertz CT molecular complexity index is 328. The monoisotopic (exact) mass is 155 g/mol. The highest BCUT2D eigenvalue weighted by molar-refractivity contribution is 5.71. The van der Waals surface area contributed by atoms with Crippen LogP contribution in [0.4, 0.5) is 0 Å². The van der Waals surface area contributed by atoms with Gasteiger partial charge in [-0.25, -0.2) is 0 Å². The molecule has 59 valence electrons. The Labute approximate surface area is 73.2 Å². The van der Waals surface area contributed by atoms with Crippen molar-refractivity contribution in [1.82, 2.24) is 0 Å². The normalized spacial score (nSPS) is 15.8. The molecule has 0 heterocycles. The van der Waals surface area contributed by atoms with E-state index in [1.807, 2.05) is 6.07 Å². The molecule has 12 heavy (non-hydrogen) atoms.